The molecule has 2 aromatic rings. The van der Waals surface area contributed by atoms with Crippen molar-refractivity contribution < 1.29 is 18.8 Å². The molecule has 7 heteroatoms. The summed E-state index contributed by atoms with van der Waals surface area (Å²) in [5.74, 6) is 0.728. The maximum atomic E-state index is 13.9. The Kier molecular flexibility index (Phi) is 8.16. The van der Waals surface area contributed by atoms with Crippen molar-refractivity contribution in [2.75, 3.05) is 13.6 Å². The predicted molar refractivity (Wildman–Crippen MR) is 133 cm³/mol. The number of carbonyl (C=O) groups excluding carboxylic acids is 3. The SMILES string of the molecule is CN[C@@H](C)C(=O)C[C@H](C(=O)N1CCC[C@H]1c1nc(C(=O)c2ccccc2)c(C)o1)C1CCCCC1. The summed E-state index contributed by atoms with van der Waals surface area (Å²) in [6.45, 7) is 4.21. The van der Waals surface area contributed by atoms with Gasteiger partial charge in [0.05, 0.1) is 6.04 Å². The topological polar surface area (TPSA) is 92.5 Å². The van der Waals surface area contributed by atoms with Crippen LogP contribution in [0.5, 0.6) is 0 Å². The molecule has 1 aromatic heterocycles. The minimum absolute atomic E-state index is 0.0304. The number of Topliss-reactive ketones (excluding diaryl/α,β-unsaturated/α-hetero) is 1. The van der Waals surface area contributed by atoms with Gasteiger partial charge in [0.15, 0.2) is 5.69 Å². The second kappa shape index (κ2) is 11.3. The van der Waals surface area contributed by atoms with Crippen LogP contribution in [0.1, 0.15) is 92.0 Å². The minimum atomic E-state index is -0.319. The van der Waals surface area contributed by atoms with E-state index in [0.717, 1.165) is 38.5 Å². The van der Waals surface area contributed by atoms with Crippen molar-refractivity contribution in [2.24, 2.45) is 11.8 Å². The van der Waals surface area contributed by atoms with Crippen molar-refractivity contribution >= 4 is 17.5 Å². The molecule has 0 spiro atoms. The average molecular weight is 480 g/mol. The van der Waals surface area contributed by atoms with Crippen molar-refractivity contribution in [1.82, 2.24) is 15.2 Å². The van der Waals surface area contributed by atoms with Gasteiger partial charge in [-0.3, -0.25) is 14.4 Å². The quantitative estimate of drug-likeness (QED) is 0.527. The summed E-state index contributed by atoms with van der Waals surface area (Å²) in [5.41, 5.74) is 0.858. The van der Waals surface area contributed by atoms with Crippen LogP contribution >= 0.6 is 0 Å². The molecule has 1 aromatic carbocycles. The number of benzene rings is 1. The number of hydrogen-bond acceptors (Lipinski definition) is 6. The third kappa shape index (κ3) is 5.56. The Balaban J connectivity index is 1.57. The lowest BCUT2D eigenvalue weighted by Gasteiger charge is -2.34. The van der Waals surface area contributed by atoms with Gasteiger partial charge in [-0.25, -0.2) is 4.98 Å². The molecule has 0 radical (unpaired) electrons. The Bertz CT molecular complexity index is 1040. The molecule has 0 bridgehead atoms. The van der Waals surface area contributed by atoms with Gasteiger partial charge in [0.1, 0.15) is 17.6 Å². The summed E-state index contributed by atoms with van der Waals surface area (Å²) in [6.07, 6.45) is 7.24. The van der Waals surface area contributed by atoms with Gasteiger partial charge in [-0.1, -0.05) is 49.6 Å². The molecule has 1 N–H and O–H groups in total. The molecule has 1 saturated heterocycles. The number of carbonyl (C=O) groups is 3. The van der Waals surface area contributed by atoms with E-state index in [2.05, 4.69) is 10.3 Å². The van der Waals surface area contributed by atoms with E-state index in [1.807, 2.05) is 30.0 Å². The highest BCUT2D eigenvalue weighted by molar-refractivity contribution is 6.08. The predicted octanol–water partition coefficient (Wildman–Crippen LogP) is 4.64. The monoisotopic (exact) mass is 479 g/mol. The number of likely N-dealkylation sites (tertiary alicyclic amines) is 1. The second-order valence-electron chi connectivity index (χ2n) is 10.0. The van der Waals surface area contributed by atoms with Gasteiger partial charge in [-0.05, 0) is 52.5 Å². The Hall–Kier alpha value is -2.80. The zero-order valence-electron chi connectivity index (χ0n) is 21.1. The molecule has 7 nitrogen and oxygen atoms in total. The molecule has 1 amide bonds. The van der Waals surface area contributed by atoms with Gasteiger partial charge in [0, 0.05) is 24.4 Å². The first-order valence-corrected chi connectivity index (χ1v) is 13.0. The molecular formula is C28H37N3O4. The molecule has 35 heavy (non-hydrogen) atoms. The van der Waals surface area contributed by atoms with Gasteiger partial charge in [-0.2, -0.15) is 0 Å². The van der Waals surface area contributed by atoms with Crippen molar-refractivity contribution in [1.29, 1.82) is 0 Å². The Labute approximate surface area is 207 Å². The van der Waals surface area contributed by atoms with Crippen molar-refractivity contribution in [3.8, 4) is 0 Å². The number of rotatable bonds is 9. The van der Waals surface area contributed by atoms with Gasteiger partial charge >= 0.3 is 0 Å². The molecule has 2 aliphatic rings. The summed E-state index contributed by atoms with van der Waals surface area (Å²) in [7, 11) is 1.77. The first-order chi connectivity index (χ1) is 16.9. The normalized spacial score (nSPS) is 20.5. The first kappa shape index (κ1) is 25.3. The fraction of sp³-hybridized carbons (Fsp3) is 0.571. The highest BCUT2D eigenvalue weighted by Gasteiger charge is 2.41. The van der Waals surface area contributed by atoms with Crippen LogP contribution in [0.4, 0.5) is 0 Å². The Morgan fingerprint density at radius 1 is 1.09 bits per heavy atom. The van der Waals surface area contributed by atoms with Gasteiger partial charge in [0.2, 0.25) is 17.6 Å². The fourth-order valence-corrected chi connectivity index (χ4v) is 5.54. The van der Waals surface area contributed by atoms with E-state index in [-0.39, 0.29) is 47.8 Å². The minimum Gasteiger partial charge on any atom is -0.443 e. The average Bonchev–Trinajstić information content (AvgIpc) is 3.53. The molecule has 2 heterocycles. The molecule has 188 valence electrons. The molecular weight excluding hydrogens is 442 g/mol. The number of ketones is 2. The largest absolute Gasteiger partial charge is 0.443 e. The zero-order valence-corrected chi connectivity index (χ0v) is 21.1. The number of nitrogens with zero attached hydrogens (tertiary/aromatic N) is 2. The van der Waals surface area contributed by atoms with Gasteiger partial charge in [0.25, 0.3) is 0 Å². The summed E-state index contributed by atoms with van der Waals surface area (Å²) < 4.78 is 5.98. The Morgan fingerprint density at radius 3 is 2.49 bits per heavy atom. The summed E-state index contributed by atoms with van der Waals surface area (Å²) in [5, 5.41) is 3.02. The van der Waals surface area contributed by atoms with Crippen molar-refractivity contribution in [3.63, 3.8) is 0 Å². The number of hydrogen-bond donors (Lipinski definition) is 1. The van der Waals surface area contributed by atoms with E-state index < -0.39 is 0 Å². The standard InChI is InChI=1S/C28H37N3O4/c1-18(29-3)24(32)17-22(20-11-6-4-7-12-20)28(34)31-16-10-15-23(31)27-30-25(19(2)35-27)26(33)21-13-8-5-9-14-21/h5,8-9,13-14,18,20,22-23,29H,4,6-7,10-12,15-17H2,1-3H3/t18-,22-,23-/m0/s1. The number of nitrogens with one attached hydrogen (secondary N) is 1. The molecule has 0 unspecified atom stereocenters. The molecule has 4 rings (SSSR count). The van der Waals surface area contributed by atoms with Crippen LogP contribution in [-0.2, 0) is 9.59 Å². The van der Waals surface area contributed by atoms with Crippen molar-refractivity contribution in [3.05, 3.63) is 53.2 Å². The molecule has 1 aliphatic heterocycles. The molecule has 1 saturated carbocycles. The van der Waals surface area contributed by atoms with Crippen LogP contribution in [0.25, 0.3) is 0 Å². The van der Waals surface area contributed by atoms with E-state index in [1.165, 1.54) is 6.42 Å². The van der Waals surface area contributed by atoms with Crippen molar-refractivity contribution in [2.45, 2.75) is 77.3 Å². The summed E-state index contributed by atoms with van der Waals surface area (Å²) in [4.78, 5) is 46.2. The van der Waals surface area contributed by atoms with Crippen LogP contribution in [0.2, 0.25) is 0 Å². The number of oxazole rings is 1. The van der Waals surface area contributed by atoms with Crippen LogP contribution < -0.4 is 5.32 Å². The van der Waals surface area contributed by atoms with Gasteiger partial charge in [-0.15, -0.1) is 0 Å². The van der Waals surface area contributed by atoms with Crippen LogP contribution in [0, 0.1) is 18.8 Å². The fourth-order valence-electron chi connectivity index (χ4n) is 5.54. The van der Waals surface area contributed by atoms with Crippen LogP contribution in [-0.4, -0.2) is 47.0 Å². The maximum Gasteiger partial charge on any atom is 0.227 e. The van der Waals surface area contributed by atoms with E-state index in [9.17, 15) is 14.4 Å². The summed E-state index contributed by atoms with van der Waals surface area (Å²) in [6, 6.07) is 8.46. The number of likely N-dealkylation sites (N-methyl/N-ethyl adjacent to an activating group) is 1. The van der Waals surface area contributed by atoms with E-state index in [4.69, 9.17) is 4.42 Å². The lowest BCUT2D eigenvalue weighted by molar-refractivity contribution is -0.142. The highest BCUT2D eigenvalue weighted by atomic mass is 16.4. The summed E-state index contributed by atoms with van der Waals surface area (Å²) >= 11 is 0. The Morgan fingerprint density at radius 2 is 1.80 bits per heavy atom. The van der Waals surface area contributed by atoms with E-state index >= 15 is 0 Å². The first-order valence-electron chi connectivity index (χ1n) is 13.0. The lowest BCUT2D eigenvalue weighted by atomic mass is 9.76. The molecule has 3 atom stereocenters. The third-order valence-electron chi connectivity index (χ3n) is 7.76. The maximum absolute atomic E-state index is 13.9. The lowest BCUT2D eigenvalue weighted by Crippen LogP contribution is -2.42. The van der Waals surface area contributed by atoms with E-state index in [1.54, 1.807) is 26.1 Å². The van der Waals surface area contributed by atoms with E-state index in [0.29, 0.717) is 29.5 Å². The molecule has 2 fully saturated rings. The zero-order chi connectivity index (χ0) is 24.9. The molecule has 1 aliphatic carbocycles. The number of amides is 1. The van der Waals surface area contributed by atoms with Gasteiger partial charge < -0.3 is 14.6 Å². The second-order valence-corrected chi connectivity index (χ2v) is 10.0. The smallest absolute Gasteiger partial charge is 0.227 e. The third-order valence-corrected chi connectivity index (χ3v) is 7.76. The van der Waals surface area contributed by atoms with Crippen LogP contribution in [0.3, 0.4) is 0 Å². The number of aryl methyl sites for hydroxylation is 1. The number of aromatic nitrogens is 1. The highest BCUT2D eigenvalue weighted by Crippen LogP contribution is 2.38. The van der Waals surface area contributed by atoms with Crippen LogP contribution in [0.15, 0.2) is 34.7 Å².